The van der Waals surface area contributed by atoms with Crippen LogP contribution >= 0.6 is 0 Å². The normalized spacial score (nSPS) is 11.9. The molecule has 0 aliphatic heterocycles. The predicted octanol–water partition coefficient (Wildman–Crippen LogP) is 5.19. The quantitative estimate of drug-likeness (QED) is 0.326. The van der Waals surface area contributed by atoms with Crippen LogP contribution in [0.3, 0.4) is 0 Å². The molecule has 1 aliphatic carbocycles. The zero-order valence-electron chi connectivity index (χ0n) is 18.0. The average Bonchev–Trinajstić information content (AvgIpc) is 3.12. The summed E-state index contributed by atoms with van der Waals surface area (Å²) in [4.78, 5) is 9.25. The van der Waals surface area contributed by atoms with Crippen LogP contribution in [0.4, 0.5) is 0 Å². The van der Waals surface area contributed by atoms with Crippen molar-refractivity contribution in [3.8, 4) is 16.9 Å². The van der Waals surface area contributed by atoms with Crippen molar-refractivity contribution in [1.29, 1.82) is 0 Å². The number of rotatable bonds is 3. The molecule has 5 rings (SSSR count). The monoisotopic (exact) mass is 513 g/mol. The second kappa shape index (κ2) is 11.2. The fourth-order valence-electron chi connectivity index (χ4n) is 4.42. The number of carboxylic acid groups (broad SMARTS) is 1. The fourth-order valence-corrected chi connectivity index (χ4v) is 4.42. The molecule has 4 aromatic carbocycles. The first-order chi connectivity index (χ1) is 15.1. The van der Waals surface area contributed by atoms with E-state index in [9.17, 15) is 9.90 Å². The number of fused-ring (bicyclic) bond motifs is 3. The second-order valence-electron chi connectivity index (χ2n) is 7.30. The summed E-state index contributed by atoms with van der Waals surface area (Å²) in [5.74, 6) is -0.693. The summed E-state index contributed by atoms with van der Waals surface area (Å²) in [6.45, 7) is 2.96. The van der Waals surface area contributed by atoms with E-state index in [1.807, 2.05) is 12.1 Å². The molecule has 0 aromatic heterocycles. The van der Waals surface area contributed by atoms with Gasteiger partial charge in [0.05, 0.1) is 5.41 Å². The van der Waals surface area contributed by atoms with E-state index >= 15 is 0 Å². The molecule has 4 nitrogen and oxygen atoms in total. The summed E-state index contributed by atoms with van der Waals surface area (Å²) >= 11 is 0. The van der Waals surface area contributed by atoms with Crippen LogP contribution in [0.1, 0.15) is 22.3 Å². The Morgan fingerprint density at radius 3 is 1.55 bits per heavy atom. The Hall–Kier alpha value is -3.05. The van der Waals surface area contributed by atoms with Crippen LogP contribution < -0.4 is 0 Å². The van der Waals surface area contributed by atoms with E-state index in [0.717, 1.165) is 6.08 Å². The number of phenols is 1. The molecule has 5 heteroatoms. The Morgan fingerprint density at radius 1 is 0.697 bits per heavy atom. The molecule has 1 radical (unpaired) electrons. The summed E-state index contributed by atoms with van der Waals surface area (Å²) in [5, 5.41) is 17.4. The Labute approximate surface area is 218 Å². The molecule has 0 heterocycles. The van der Waals surface area contributed by atoms with Crippen molar-refractivity contribution in [2.24, 2.45) is 0 Å². The minimum atomic E-state index is -0.981. The van der Waals surface area contributed by atoms with Gasteiger partial charge in [-0.25, -0.2) is 4.79 Å². The van der Waals surface area contributed by atoms with Crippen molar-refractivity contribution in [2.75, 3.05) is 0 Å². The Kier molecular flexibility index (Phi) is 8.89. The van der Waals surface area contributed by atoms with Crippen LogP contribution in [-0.2, 0) is 42.9 Å². The van der Waals surface area contributed by atoms with Gasteiger partial charge in [0.15, 0.2) is 0 Å². The molecular formula is C28H24O4Y. The Bertz CT molecular complexity index is 1190. The smallest absolute Gasteiger partial charge is 0.327 e. The van der Waals surface area contributed by atoms with Crippen molar-refractivity contribution in [1.82, 2.24) is 0 Å². The van der Waals surface area contributed by atoms with Gasteiger partial charge in [-0.1, -0.05) is 97.6 Å². The van der Waals surface area contributed by atoms with Gasteiger partial charge in [-0.3, -0.25) is 0 Å². The second-order valence-corrected chi connectivity index (χ2v) is 7.30. The third-order valence-corrected chi connectivity index (χ3v) is 5.63. The van der Waals surface area contributed by atoms with Crippen molar-refractivity contribution in [3.05, 3.63) is 138 Å². The van der Waals surface area contributed by atoms with Crippen LogP contribution in [0.25, 0.3) is 11.1 Å². The summed E-state index contributed by atoms with van der Waals surface area (Å²) < 4.78 is 0. The van der Waals surface area contributed by atoms with Gasteiger partial charge in [-0.2, -0.15) is 0 Å². The van der Waals surface area contributed by atoms with E-state index in [0.29, 0.717) is 0 Å². The maximum absolute atomic E-state index is 9.84. The van der Waals surface area contributed by atoms with Gasteiger partial charge in [0.2, 0.25) is 0 Å². The van der Waals surface area contributed by atoms with Crippen LogP contribution in [0.15, 0.2) is 116 Å². The maximum atomic E-state index is 9.84. The van der Waals surface area contributed by atoms with Gasteiger partial charge >= 0.3 is 5.97 Å². The van der Waals surface area contributed by atoms with Gasteiger partial charge in [0.25, 0.3) is 0 Å². The molecule has 0 saturated heterocycles. The van der Waals surface area contributed by atoms with E-state index in [2.05, 4.69) is 85.4 Å². The molecule has 0 unspecified atom stereocenters. The molecule has 1 aliphatic rings. The molecule has 0 bridgehead atoms. The molecule has 163 valence electrons. The van der Waals surface area contributed by atoms with E-state index in [-0.39, 0.29) is 49.3 Å². The molecule has 33 heavy (non-hydrogen) atoms. The summed E-state index contributed by atoms with van der Waals surface area (Å²) in [5.41, 5.74) is 7.17. The first-order valence-corrected chi connectivity index (χ1v) is 9.99. The topological polar surface area (TPSA) is 89.0 Å². The maximum Gasteiger partial charge on any atom is 0.327 e. The molecule has 0 atom stereocenters. The third-order valence-electron chi connectivity index (χ3n) is 5.63. The molecule has 0 saturated carbocycles. The summed E-state index contributed by atoms with van der Waals surface area (Å²) in [6.07, 6.45) is 0.833. The molecule has 0 amide bonds. The zero-order chi connectivity index (χ0) is 21.8. The number of aromatic hydroxyl groups is 1. The van der Waals surface area contributed by atoms with Crippen molar-refractivity contribution >= 4 is 5.97 Å². The van der Waals surface area contributed by atoms with Crippen LogP contribution in [-0.4, -0.2) is 21.7 Å². The molecule has 0 spiro atoms. The van der Waals surface area contributed by atoms with Gasteiger partial charge in [0, 0.05) is 38.8 Å². The Morgan fingerprint density at radius 2 is 1.09 bits per heavy atom. The van der Waals surface area contributed by atoms with Crippen LogP contribution in [0.2, 0.25) is 0 Å². The van der Waals surface area contributed by atoms with E-state index in [1.165, 1.54) is 33.4 Å². The molecule has 4 N–H and O–H groups in total. The number of hydrogen-bond acceptors (Lipinski definition) is 2. The average molecular weight is 513 g/mol. The molecule has 0 fully saturated rings. The zero-order valence-corrected chi connectivity index (χ0v) is 20.8. The van der Waals surface area contributed by atoms with Crippen LogP contribution in [0.5, 0.6) is 5.75 Å². The largest absolute Gasteiger partial charge is 0.508 e. The standard InChI is InChI=1S/C25H18O.C3H4O2.H2O.Y/c26-20-16-14-19(15-17-20)25(18-8-2-1-3-9-18)23-12-6-4-10-21(23)22-11-5-7-13-24(22)25;1-2-3(4)5;;/h1-17,26H;2H,1H2,(H,4,5);1H2;. The van der Waals surface area contributed by atoms with E-state index in [4.69, 9.17) is 5.11 Å². The number of hydrogen-bond donors (Lipinski definition) is 2. The van der Waals surface area contributed by atoms with Gasteiger partial charge in [0.1, 0.15) is 5.75 Å². The number of carbonyl (C=O) groups is 1. The Balaban J connectivity index is 0.000000502. The van der Waals surface area contributed by atoms with Crippen molar-refractivity contribution < 1.29 is 53.2 Å². The van der Waals surface area contributed by atoms with Gasteiger partial charge in [-0.15, -0.1) is 0 Å². The minimum absolute atomic E-state index is 0. The number of carboxylic acids is 1. The third kappa shape index (κ3) is 4.69. The summed E-state index contributed by atoms with van der Waals surface area (Å²) in [6, 6.07) is 35.6. The van der Waals surface area contributed by atoms with E-state index in [1.54, 1.807) is 12.1 Å². The number of phenolic OH excluding ortho intramolecular Hbond substituents is 1. The first kappa shape index (κ1) is 26.2. The van der Waals surface area contributed by atoms with Gasteiger partial charge < -0.3 is 15.7 Å². The molecule has 4 aromatic rings. The SMILES string of the molecule is C=CC(=O)O.O.Oc1ccc(C2(c3ccccc3)c3ccccc3-c3ccccc32)cc1.[Y]. The van der Waals surface area contributed by atoms with Crippen molar-refractivity contribution in [3.63, 3.8) is 0 Å². The minimum Gasteiger partial charge on any atom is -0.508 e. The van der Waals surface area contributed by atoms with E-state index < -0.39 is 5.97 Å². The predicted molar refractivity (Wildman–Crippen MR) is 127 cm³/mol. The van der Waals surface area contributed by atoms with Crippen LogP contribution in [0, 0.1) is 0 Å². The van der Waals surface area contributed by atoms with Crippen molar-refractivity contribution in [2.45, 2.75) is 5.41 Å². The van der Waals surface area contributed by atoms with Gasteiger partial charge in [-0.05, 0) is 45.5 Å². The fraction of sp³-hybridized carbons (Fsp3) is 0.0357. The summed E-state index contributed by atoms with van der Waals surface area (Å²) in [7, 11) is 0. The number of aliphatic carboxylic acids is 1. The number of benzene rings is 4. The first-order valence-electron chi connectivity index (χ1n) is 9.99. The molecular weight excluding hydrogens is 489 g/mol.